The number of benzene rings is 1. The van der Waals surface area contributed by atoms with Gasteiger partial charge < -0.3 is 5.11 Å². The average Bonchev–Trinajstić information content (AvgIpc) is 2.86. The minimum Gasteiger partial charge on any atom is -0.503 e. The molecular weight excluding hydrogens is 340 g/mol. The summed E-state index contributed by atoms with van der Waals surface area (Å²) in [5, 5.41) is 10.6. The van der Waals surface area contributed by atoms with Crippen molar-refractivity contribution < 1.29 is 14.7 Å². The number of aliphatic hydroxyl groups excluding tert-OH is 1. The molecule has 2 heterocycles. The van der Waals surface area contributed by atoms with Gasteiger partial charge in [0.1, 0.15) is 0 Å². The van der Waals surface area contributed by atoms with Gasteiger partial charge in [-0.3, -0.25) is 19.5 Å². The quantitative estimate of drug-likeness (QED) is 0.885. The smallest absolute Gasteiger partial charge is 0.294 e. The van der Waals surface area contributed by atoms with Crippen LogP contribution in [-0.2, 0) is 9.59 Å². The van der Waals surface area contributed by atoms with Crippen LogP contribution in [0.2, 0.25) is 0 Å². The second-order valence-corrected chi connectivity index (χ2v) is 8.00. The number of hydrogen-bond donors (Lipinski definition) is 1. The highest BCUT2D eigenvalue weighted by atomic mass is 16.3. The number of rotatable bonds is 3. The third kappa shape index (κ3) is 3.25. The van der Waals surface area contributed by atoms with Gasteiger partial charge in [-0.05, 0) is 37.1 Å². The Kier molecular flexibility index (Phi) is 4.64. The summed E-state index contributed by atoms with van der Waals surface area (Å²) in [5.41, 5.74) is 2.71. The van der Waals surface area contributed by atoms with E-state index >= 15 is 0 Å². The summed E-state index contributed by atoms with van der Waals surface area (Å²) in [6.07, 6.45) is 3.26. The summed E-state index contributed by atoms with van der Waals surface area (Å²) in [6, 6.07) is 8.60. The summed E-state index contributed by atoms with van der Waals surface area (Å²) in [4.78, 5) is 31.8. The highest BCUT2D eigenvalue weighted by Gasteiger charge is 2.47. The number of hydrogen-bond acceptors (Lipinski definition) is 4. The molecule has 3 rings (SSSR count). The molecule has 1 aliphatic rings. The lowest BCUT2D eigenvalue weighted by Gasteiger charge is -2.29. The first-order chi connectivity index (χ1) is 12.6. The van der Waals surface area contributed by atoms with Crippen molar-refractivity contribution in [3.05, 3.63) is 70.7 Å². The van der Waals surface area contributed by atoms with Crippen LogP contribution < -0.4 is 4.90 Å². The van der Waals surface area contributed by atoms with E-state index in [-0.39, 0.29) is 11.4 Å². The van der Waals surface area contributed by atoms with Crippen LogP contribution in [0.25, 0.3) is 0 Å². The number of aromatic nitrogens is 1. The van der Waals surface area contributed by atoms with Gasteiger partial charge in [-0.15, -0.1) is 0 Å². The summed E-state index contributed by atoms with van der Waals surface area (Å²) >= 11 is 0. The number of amides is 1. The van der Waals surface area contributed by atoms with Gasteiger partial charge in [0.2, 0.25) is 0 Å². The summed E-state index contributed by atoms with van der Waals surface area (Å²) in [6.45, 7) is 9.22. The van der Waals surface area contributed by atoms with E-state index in [9.17, 15) is 14.7 Å². The molecule has 2 aromatic rings. The van der Waals surface area contributed by atoms with Gasteiger partial charge in [0.15, 0.2) is 11.5 Å². The van der Waals surface area contributed by atoms with Gasteiger partial charge in [0.25, 0.3) is 5.91 Å². The number of Topliss-reactive ketones (excluding diaryl/α,β-unsaturated/α-hetero) is 1. The van der Waals surface area contributed by atoms with Crippen molar-refractivity contribution in [1.82, 2.24) is 4.98 Å². The molecule has 1 N–H and O–H groups in total. The van der Waals surface area contributed by atoms with Crippen LogP contribution in [0.4, 0.5) is 5.69 Å². The zero-order chi connectivity index (χ0) is 19.9. The Bertz CT molecular complexity index is 940. The molecule has 0 bridgehead atoms. The number of ketones is 1. The lowest BCUT2D eigenvalue weighted by atomic mass is 9.82. The van der Waals surface area contributed by atoms with E-state index in [1.165, 1.54) is 4.90 Å². The summed E-state index contributed by atoms with van der Waals surface area (Å²) in [5.74, 6) is -1.30. The van der Waals surface area contributed by atoms with Crippen molar-refractivity contribution in [3.63, 3.8) is 0 Å². The van der Waals surface area contributed by atoms with Crippen LogP contribution in [0, 0.1) is 19.3 Å². The molecule has 27 heavy (non-hydrogen) atoms. The minimum absolute atomic E-state index is 0.125. The van der Waals surface area contributed by atoms with E-state index in [0.717, 1.165) is 11.1 Å². The third-order valence-electron chi connectivity index (χ3n) is 4.75. The van der Waals surface area contributed by atoms with Crippen molar-refractivity contribution in [1.29, 1.82) is 0 Å². The normalized spacial score (nSPS) is 17.6. The number of aliphatic hydroxyl groups is 1. The Hall–Kier alpha value is -2.95. The largest absolute Gasteiger partial charge is 0.503 e. The van der Waals surface area contributed by atoms with Crippen molar-refractivity contribution in [2.45, 2.75) is 40.7 Å². The SMILES string of the molecule is Cc1ccc(N2C(=O)C(O)=C(C(=O)C(C)(C)C)C2c2cccnc2)c(C)c1. The first kappa shape index (κ1) is 18.8. The number of carbonyl (C=O) groups is 2. The lowest BCUT2D eigenvalue weighted by molar-refractivity contribution is -0.123. The molecule has 0 aliphatic carbocycles. The number of aryl methyl sites for hydroxylation is 2. The van der Waals surface area contributed by atoms with E-state index in [2.05, 4.69) is 4.98 Å². The Balaban J connectivity index is 2.23. The molecule has 0 fully saturated rings. The lowest BCUT2D eigenvalue weighted by Crippen LogP contribution is -2.33. The number of carbonyl (C=O) groups excluding carboxylic acids is 2. The van der Waals surface area contributed by atoms with Crippen LogP contribution in [-0.4, -0.2) is 21.8 Å². The fourth-order valence-electron chi connectivity index (χ4n) is 3.42. The number of anilines is 1. The molecule has 1 aromatic heterocycles. The fraction of sp³-hybridized carbons (Fsp3) is 0.318. The molecule has 1 amide bonds. The first-order valence-corrected chi connectivity index (χ1v) is 8.91. The van der Waals surface area contributed by atoms with Crippen LogP contribution in [0.1, 0.15) is 43.5 Å². The Labute approximate surface area is 159 Å². The van der Waals surface area contributed by atoms with Gasteiger partial charge in [-0.1, -0.05) is 44.5 Å². The second-order valence-electron chi connectivity index (χ2n) is 8.00. The molecule has 140 valence electrons. The zero-order valence-corrected chi connectivity index (χ0v) is 16.3. The van der Waals surface area contributed by atoms with E-state index < -0.39 is 23.1 Å². The standard InChI is InChI=1S/C22H24N2O3/c1-13-8-9-16(14(2)11-13)24-18(15-7-6-10-23-12-15)17(19(25)21(24)27)20(26)22(3,4)5/h6-12,18,25H,1-5H3. The summed E-state index contributed by atoms with van der Waals surface area (Å²) in [7, 11) is 0. The average molecular weight is 364 g/mol. The van der Waals surface area contributed by atoms with Gasteiger partial charge in [-0.2, -0.15) is 0 Å². The van der Waals surface area contributed by atoms with Gasteiger partial charge in [0.05, 0.1) is 11.6 Å². The highest BCUT2D eigenvalue weighted by Crippen LogP contribution is 2.44. The monoisotopic (exact) mass is 364 g/mol. The second kappa shape index (κ2) is 6.65. The van der Waals surface area contributed by atoms with Crippen molar-refractivity contribution in [2.75, 3.05) is 4.90 Å². The van der Waals surface area contributed by atoms with E-state index in [0.29, 0.717) is 11.3 Å². The van der Waals surface area contributed by atoms with Gasteiger partial charge >= 0.3 is 0 Å². The molecule has 5 nitrogen and oxygen atoms in total. The molecule has 1 aliphatic heterocycles. The molecule has 5 heteroatoms. The number of nitrogens with zero attached hydrogens (tertiary/aromatic N) is 2. The molecule has 1 unspecified atom stereocenters. The maximum Gasteiger partial charge on any atom is 0.294 e. The van der Waals surface area contributed by atoms with E-state index in [1.54, 1.807) is 39.2 Å². The van der Waals surface area contributed by atoms with Crippen LogP contribution in [0.5, 0.6) is 0 Å². The molecule has 0 saturated carbocycles. The van der Waals surface area contributed by atoms with Crippen LogP contribution >= 0.6 is 0 Å². The highest BCUT2D eigenvalue weighted by molar-refractivity contribution is 6.17. The molecule has 1 aromatic carbocycles. The molecular formula is C22H24N2O3. The minimum atomic E-state index is -0.734. The molecule has 1 atom stereocenters. The van der Waals surface area contributed by atoms with Crippen molar-refractivity contribution >= 4 is 17.4 Å². The zero-order valence-electron chi connectivity index (χ0n) is 16.3. The van der Waals surface area contributed by atoms with Crippen molar-refractivity contribution in [3.8, 4) is 0 Å². The molecule has 0 radical (unpaired) electrons. The fourth-order valence-corrected chi connectivity index (χ4v) is 3.42. The Morgan fingerprint density at radius 1 is 1.19 bits per heavy atom. The number of pyridine rings is 1. The van der Waals surface area contributed by atoms with Crippen molar-refractivity contribution in [2.24, 2.45) is 5.41 Å². The third-order valence-corrected chi connectivity index (χ3v) is 4.75. The Morgan fingerprint density at radius 2 is 1.89 bits per heavy atom. The van der Waals surface area contributed by atoms with E-state index in [4.69, 9.17) is 0 Å². The van der Waals surface area contributed by atoms with Gasteiger partial charge in [0, 0.05) is 23.5 Å². The predicted molar refractivity (Wildman–Crippen MR) is 104 cm³/mol. The predicted octanol–water partition coefficient (Wildman–Crippen LogP) is 4.21. The maximum absolute atomic E-state index is 13.1. The topological polar surface area (TPSA) is 70.5 Å². The molecule has 0 saturated heterocycles. The molecule has 0 spiro atoms. The van der Waals surface area contributed by atoms with Gasteiger partial charge in [-0.25, -0.2) is 0 Å². The van der Waals surface area contributed by atoms with E-state index in [1.807, 2.05) is 38.1 Å². The summed E-state index contributed by atoms with van der Waals surface area (Å²) < 4.78 is 0. The Morgan fingerprint density at radius 3 is 2.44 bits per heavy atom. The van der Waals surface area contributed by atoms with Crippen LogP contribution in [0.15, 0.2) is 54.1 Å². The first-order valence-electron chi connectivity index (χ1n) is 8.91. The maximum atomic E-state index is 13.1. The van der Waals surface area contributed by atoms with Crippen LogP contribution in [0.3, 0.4) is 0 Å².